The molecule has 5 rings (SSSR count). The lowest BCUT2D eigenvalue weighted by Gasteiger charge is -2.27. The molecule has 3 aromatic rings. The van der Waals surface area contributed by atoms with Gasteiger partial charge >= 0.3 is 12.2 Å². The highest BCUT2D eigenvalue weighted by molar-refractivity contribution is 7.99. The molecule has 280 valence electrons. The SMILES string of the molecule is COc1ccc(CS[C@H]2C[C@@H](C(=O)N3CC[C@@H](CN=C(C)NC(=O)OCc4ccc([N+](=O)[O-])cc4)C3)N(C(=O)OCc3ccc([N+](=O)[O-])cc3)C2)cc1. The number of non-ortho nitro benzene ring substituents is 2. The monoisotopic (exact) mass is 748 g/mol. The van der Waals surface area contributed by atoms with Crippen LogP contribution in [-0.2, 0) is 33.2 Å². The number of nitro groups is 2. The second-order valence-corrected chi connectivity index (χ2v) is 13.9. The van der Waals surface area contributed by atoms with E-state index in [1.807, 2.05) is 24.3 Å². The van der Waals surface area contributed by atoms with E-state index in [-0.39, 0.29) is 41.7 Å². The predicted octanol–water partition coefficient (Wildman–Crippen LogP) is 5.72. The standard InChI is InChI=1S/C36H40N6O10S/c1-24(38-35(44)51-21-25-3-9-29(10-4-25)41(46)47)37-18-28-15-16-39(19-28)34(43)33-17-32(53-23-27-7-13-31(50-2)14-8-27)20-40(33)36(45)52-22-26-5-11-30(12-6-26)42(48)49/h3-14,28,32-33H,15-23H2,1-2H3,(H,37,38,44)/t28-,32-,33-/m0/s1. The Bertz CT molecular complexity index is 1810. The maximum absolute atomic E-state index is 13.9. The first-order valence-corrected chi connectivity index (χ1v) is 17.9. The lowest BCUT2D eigenvalue weighted by Crippen LogP contribution is -2.47. The zero-order valence-electron chi connectivity index (χ0n) is 29.3. The molecule has 17 heteroatoms. The van der Waals surface area contributed by atoms with E-state index in [1.54, 1.807) is 30.7 Å². The Morgan fingerprint density at radius 2 is 1.45 bits per heavy atom. The van der Waals surface area contributed by atoms with Crippen LogP contribution in [0.5, 0.6) is 5.75 Å². The smallest absolute Gasteiger partial charge is 0.412 e. The Balaban J connectivity index is 1.14. The molecule has 0 saturated carbocycles. The average molecular weight is 749 g/mol. The Hall–Kier alpha value is -5.71. The maximum atomic E-state index is 13.9. The molecule has 0 bridgehead atoms. The van der Waals surface area contributed by atoms with Gasteiger partial charge in [0.2, 0.25) is 5.91 Å². The van der Waals surface area contributed by atoms with Crippen LogP contribution in [-0.4, -0.2) is 88.2 Å². The normalized spacial score (nSPS) is 18.4. The number of alkyl carbamates (subject to hydrolysis) is 1. The Morgan fingerprint density at radius 3 is 2.04 bits per heavy atom. The highest BCUT2D eigenvalue weighted by atomic mass is 32.2. The molecule has 0 aliphatic carbocycles. The second kappa shape index (κ2) is 18.2. The number of hydrogen-bond acceptors (Lipinski definition) is 12. The average Bonchev–Trinajstić information content (AvgIpc) is 3.83. The number of carbonyl (C=O) groups excluding carboxylic acids is 3. The maximum Gasteiger partial charge on any atom is 0.412 e. The first-order chi connectivity index (χ1) is 25.5. The molecule has 2 fully saturated rings. The number of ether oxygens (including phenoxy) is 3. The minimum Gasteiger partial charge on any atom is -0.497 e. The number of methoxy groups -OCH3 is 1. The summed E-state index contributed by atoms with van der Waals surface area (Å²) >= 11 is 1.66. The zero-order chi connectivity index (χ0) is 37.9. The molecule has 0 radical (unpaired) electrons. The van der Waals surface area contributed by atoms with Crippen molar-refractivity contribution in [2.24, 2.45) is 10.9 Å². The molecule has 2 aliphatic rings. The number of amides is 3. The summed E-state index contributed by atoms with van der Waals surface area (Å²) < 4.78 is 16.0. The van der Waals surface area contributed by atoms with Gasteiger partial charge in [-0.2, -0.15) is 11.8 Å². The van der Waals surface area contributed by atoms with Crippen LogP contribution < -0.4 is 10.1 Å². The molecule has 16 nitrogen and oxygen atoms in total. The van der Waals surface area contributed by atoms with Crippen LogP contribution in [0.15, 0.2) is 77.8 Å². The summed E-state index contributed by atoms with van der Waals surface area (Å²) in [6, 6.07) is 18.5. The molecule has 3 atom stereocenters. The van der Waals surface area contributed by atoms with Gasteiger partial charge in [0, 0.05) is 61.4 Å². The molecule has 0 unspecified atom stereocenters. The Labute approximate surface area is 309 Å². The Kier molecular flexibility index (Phi) is 13.2. The van der Waals surface area contributed by atoms with Crippen LogP contribution in [0.4, 0.5) is 21.0 Å². The number of amidine groups is 1. The molecular formula is C36H40N6O10S. The van der Waals surface area contributed by atoms with Crippen LogP contribution in [0.25, 0.3) is 0 Å². The number of benzene rings is 3. The lowest BCUT2D eigenvalue weighted by molar-refractivity contribution is -0.385. The summed E-state index contributed by atoms with van der Waals surface area (Å²) in [5.41, 5.74) is 2.14. The van der Waals surface area contributed by atoms with Crippen LogP contribution in [0.2, 0.25) is 0 Å². The lowest BCUT2D eigenvalue weighted by atomic mass is 10.1. The second-order valence-electron chi connectivity index (χ2n) is 12.7. The number of aliphatic imine (C=N–C) groups is 1. The van der Waals surface area contributed by atoms with E-state index in [2.05, 4.69) is 10.3 Å². The van der Waals surface area contributed by atoms with E-state index in [0.29, 0.717) is 61.7 Å². The molecule has 1 N–H and O–H groups in total. The van der Waals surface area contributed by atoms with Crippen molar-refractivity contribution >= 4 is 47.1 Å². The molecule has 3 amide bonds. The number of thioether (sulfide) groups is 1. The van der Waals surface area contributed by atoms with Gasteiger partial charge in [-0.1, -0.05) is 12.1 Å². The molecule has 53 heavy (non-hydrogen) atoms. The van der Waals surface area contributed by atoms with Crippen molar-refractivity contribution < 1.29 is 38.4 Å². The van der Waals surface area contributed by atoms with Crippen molar-refractivity contribution in [3.8, 4) is 5.75 Å². The van der Waals surface area contributed by atoms with Crippen LogP contribution >= 0.6 is 11.8 Å². The molecule has 2 aliphatic heterocycles. The fourth-order valence-corrected chi connectivity index (χ4v) is 7.18. The molecule has 3 aromatic carbocycles. The van der Waals surface area contributed by atoms with Gasteiger partial charge in [0.05, 0.1) is 17.0 Å². The summed E-state index contributed by atoms with van der Waals surface area (Å²) in [4.78, 5) is 68.2. The van der Waals surface area contributed by atoms with Crippen molar-refractivity contribution in [3.63, 3.8) is 0 Å². The van der Waals surface area contributed by atoms with Gasteiger partial charge in [-0.05, 0) is 78.8 Å². The number of nitrogens with zero attached hydrogens (tertiary/aromatic N) is 5. The highest BCUT2D eigenvalue weighted by Gasteiger charge is 2.43. The predicted molar refractivity (Wildman–Crippen MR) is 196 cm³/mol. The third kappa shape index (κ3) is 10.9. The minimum atomic E-state index is -0.719. The fraction of sp³-hybridized carbons (Fsp3) is 0.389. The van der Waals surface area contributed by atoms with E-state index in [1.165, 1.54) is 53.4 Å². The summed E-state index contributed by atoms with van der Waals surface area (Å²) in [5.74, 6) is 1.66. The van der Waals surface area contributed by atoms with Crippen molar-refractivity contribution in [2.75, 3.05) is 33.3 Å². The van der Waals surface area contributed by atoms with Crippen molar-refractivity contribution in [1.82, 2.24) is 15.1 Å². The Morgan fingerprint density at radius 1 is 0.868 bits per heavy atom. The van der Waals surface area contributed by atoms with Gasteiger partial charge in [-0.25, -0.2) is 9.59 Å². The zero-order valence-corrected chi connectivity index (χ0v) is 30.1. The van der Waals surface area contributed by atoms with E-state index >= 15 is 0 Å². The van der Waals surface area contributed by atoms with Gasteiger partial charge in [0.25, 0.3) is 11.4 Å². The van der Waals surface area contributed by atoms with E-state index in [9.17, 15) is 34.6 Å². The van der Waals surface area contributed by atoms with Gasteiger partial charge in [-0.3, -0.25) is 40.2 Å². The van der Waals surface area contributed by atoms with Crippen molar-refractivity contribution in [3.05, 3.63) is 110 Å². The van der Waals surface area contributed by atoms with Crippen molar-refractivity contribution in [2.45, 2.75) is 50.0 Å². The molecule has 0 aromatic heterocycles. The number of carbonyl (C=O) groups is 3. The molecular weight excluding hydrogens is 708 g/mol. The summed E-state index contributed by atoms with van der Waals surface area (Å²) in [6.45, 7) is 3.08. The van der Waals surface area contributed by atoms with Gasteiger partial charge in [0.15, 0.2) is 0 Å². The summed E-state index contributed by atoms with van der Waals surface area (Å²) in [6.07, 6.45) is -0.192. The van der Waals surface area contributed by atoms with E-state index in [4.69, 9.17) is 14.2 Å². The fourth-order valence-electron chi connectivity index (χ4n) is 5.98. The van der Waals surface area contributed by atoms with Crippen LogP contribution in [0.3, 0.4) is 0 Å². The van der Waals surface area contributed by atoms with Gasteiger partial charge < -0.3 is 19.1 Å². The first-order valence-electron chi connectivity index (χ1n) is 16.9. The highest BCUT2D eigenvalue weighted by Crippen LogP contribution is 2.33. The molecule has 0 spiro atoms. The van der Waals surface area contributed by atoms with Gasteiger partial charge in [0.1, 0.15) is 30.8 Å². The summed E-state index contributed by atoms with van der Waals surface area (Å²) in [5, 5.41) is 24.4. The number of hydrogen-bond donors (Lipinski definition) is 1. The summed E-state index contributed by atoms with van der Waals surface area (Å²) in [7, 11) is 1.61. The largest absolute Gasteiger partial charge is 0.497 e. The van der Waals surface area contributed by atoms with E-state index in [0.717, 1.165) is 11.3 Å². The first kappa shape index (κ1) is 38.5. The van der Waals surface area contributed by atoms with Crippen molar-refractivity contribution in [1.29, 1.82) is 0 Å². The van der Waals surface area contributed by atoms with Gasteiger partial charge in [-0.15, -0.1) is 0 Å². The number of nitro benzene ring substituents is 2. The number of nitrogens with one attached hydrogen (secondary N) is 1. The number of likely N-dealkylation sites (tertiary alicyclic amines) is 2. The molecule has 2 heterocycles. The van der Waals surface area contributed by atoms with Crippen LogP contribution in [0.1, 0.15) is 36.5 Å². The third-order valence-electron chi connectivity index (χ3n) is 8.92. The quantitative estimate of drug-likeness (QED) is 0.0972. The number of rotatable bonds is 13. The minimum absolute atomic E-state index is 0.0186. The van der Waals surface area contributed by atoms with Crippen LogP contribution in [0, 0.1) is 26.1 Å². The topological polar surface area (TPSA) is 196 Å². The molecule has 2 saturated heterocycles. The third-order valence-corrected chi connectivity index (χ3v) is 10.2. The van der Waals surface area contributed by atoms with E-state index < -0.39 is 28.1 Å².